The first kappa shape index (κ1) is 14.8. The molecule has 2 aromatic rings. The zero-order valence-corrected chi connectivity index (χ0v) is 13.1. The monoisotopic (exact) mass is 271 g/mol. The molecular formula is C17H25N3. The number of aryl methyl sites for hydroxylation is 3. The third-order valence-electron chi connectivity index (χ3n) is 4.06. The van der Waals surface area contributed by atoms with Crippen molar-refractivity contribution in [3.63, 3.8) is 0 Å². The van der Waals surface area contributed by atoms with E-state index in [-0.39, 0.29) is 6.04 Å². The van der Waals surface area contributed by atoms with Crippen LogP contribution in [0, 0.1) is 20.8 Å². The summed E-state index contributed by atoms with van der Waals surface area (Å²) in [5, 5.41) is 3.68. The summed E-state index contributed by atoms with van der Waals surface area (Å²) < 4.78 is 0. The van der Waals surface area contributed by atoms with Gasteiger partial charge < -0.3 is 10.3 Å². The van der Waals surface area contributed by atoms with Crippen LogP contribution in [0.1, 0.15) is 60.4 Å². The van der Waals surface area contributed by atoms with Gasteiger partial charge >= 0.3 is 0 Å². The minimum Gasteiger partial charge on any atom is -0.347 e. The van der Waals surface area contributed by atoms with E-state index in [4.69, 9.17) is 0 Å². The van der Waals surface area contributed by atoms with Gasteiger partial charge in [-0.2, -0.15) is 0 Å². The van der Waals surface area contributed by atoms with Crippen molar-refractivity contribution in [1.82, 2.24) is 15.3 Å². The van der Waals surface area contributed by atoms with E-state index in [1.807, 2.05) is 12.4 Å². The second kappa shape index (κ2) is 6.23. The molecule has 0 saturated carbocycles. The fourth-order valence-corrected chi connectivity index (χ4v) is 2.70. The molecule has 108 valence electrons. The Morgan fingerprint density at radius 2 is 1.85 bits per heavy atom. The molecule has 0 amide bonds. The van der Waals surface area contributed by atoms with Crippen molar-refractivity contribution in [3.8, 4) is 0 Å². The largest absolute Gasteiger partial charge is 0.347 e. The third kappa shape index (κ3) is 3.10. The maximum atomic E-state index is 4.37. The van der Waals surface area contributed by atoms with Gasteiger partial charge in [0.1, 0.15) is 5.82 Å². The fourth-order valence-electron chi connectivity index (χ4n) is 2.70. The van der Waals surface area contributed by atoms with Gasteiger partial charge in [-0.3, -0.25) is 0 Å². The summed E-state index contributed by atoms with van der Waals surface area (Å²) in [6.45, 7) is 10.9. The zero-order chi connectivity index (χ0) is 14.7. The normalized spacial score (nSPS) is 14.2. The summed E-state index contributed by atoms with van der Waals surface area (Å²) in [6.07, 6.45) is 4.71. The van der Waals surface area contributed by atoms with E-state index < -0.39 is 0 Å². The number of hydrogen-bond acceptors (Lipinski definition) is 2. The molecule has 20 heavy (non-hydrogen) atoms. The van der Waals surface area contributed by atoms with Crippen molar-refractivity contribution in [2.45, 2.75) is 53.1 Å². The van der Waals surface area contributed by atoms with Crippen LogP contribution in [-0.4, -0.2) is 9.97 Å². The second-order valence-electron chi connectivity index (χ2n) is 5.62. The van der Waals surface area contributed by atoms with Crippen LogP contribution in [0.3, 0.4) is 0 Å². The van der Waals surface area contributed by atoms with Gasteiger partial charge in [0.05, 0.1) is 6.04 Å². The SMILES string of the molecule is CCC(NC(C)c1cc(C)c(C)cc1C)c1ncc[nH]1. The van der Waals surface area contributed by atoms with Gasteiger partial charge in [-0.05, 0) is 56.4 Å². The fraction of sp³-hybridized carbons (Fsp3) is 0.471. The van der Waals surface area contributed by atoms with E-state index >= 15 is 0 Å². The first-order valence-corrected chi connectivity index (χ1v) is 7.36. The quantitative estimate of drug-likeness (QED) is 0.858. The highest BCUT2D eigenvalue weighted by atomic mass is 15.0. The first-order valence-electron chi connectivity index (χ1n) is 7.36. The summed E-state index contributed by atoms with van der Waals surface area (Å²) >= 11 is 0. The molecule has 0 spiro atoms. The van der Waals surface area contributed by atoms with Crippen molar-refractivity contribution >= 4 is 0 Å². The number of rotatable bonds is 5. The topological polar surface area (TPSA) is 40.7 Å². The Balaban J connectivity index is 2.19. The lowest BCUT2D eigenvalue weighted by Gasteiger charge is -2.23. The molecule has 3 nitrogen and oxygen atoms in total. The number of benzene rings is 1. The van der Waals surface area contributed by atoms with Crippen LogP contribution >= 0.6 is 0 Å². The molecule has 1 heterocycles. The smallest absolute Gasteiger partial charge is 0.123 e. The molecule has 0 aliphatic heterocycles. The molecule has 1 aromatic heterocycles. The number of imidazole rings is 1. The Morgan fingerprint density at radius 1 is 1.15 bits per heavy atom. The lowest BCUT2D eigenvalue weighted by molar-refractivity contribution is 0.440. The lowest BCUT2D eigenvalue weighted by Crippen LogP contribution is -2.25. The van der Waals surface area contributed by atoms with E-state index in [9.17, 15) is 0 Å². The molecule has 0 radical (unpaired) electrons. The van der Waals surface area contributed by atoms with Crippen LogP contribution in [0.4, 0.5) is 0 Å². The Bertz CT molecular complexity index is 558. The van der Waals surface area contributed by atoms with Crippen LogP contribution < -0.4 is 5.32 Å². The molecule has 0 bridgehead atoms. The minimum absolute atomic E-state index is 0.265. The standard InChI is InChI=1S/C17H25N3/c1-6-16(17-18-7-8-19-17)20-14(5)15-10-12(3)11(2)9-13(15)4/h7-10,14,16,20H,6H2,1-5H3,(H,18,19). The summed E-state index contributed by atoms with van der Waals surface area (Å²) in [5.41, 5.74) is 5.43. The Kier molecular flexibility index (Phi) is 4.61. The number of aromatic amines is 1. The molecular weight excluding hydrogens is 246 g/mol. The number of hydrogen-bond donors (Lipinski definition) is 2. The first-order chi connectivity index (χ1) is 9.52. The van der Waals surface area contributed by atoms with E-state index in [2.05, 4.69) is 62.0 Å². The molecule has 0 saturated heterocycles. The Labute approximate surface area is 121 Å². The molecule has 3 heteroatoms. The van der Waals surface area contributed by atoms with Crippen LogP contribution in [0.15, 0.2) is 24.5 Å². The van der Waals surface area contributed by atoms with Crippen molar-refractivity contribution < 1.29 is 0 Å². The van der Waals surface area contributed by atoms with Crippen LogP contribution in [-0.2, 0) is 0 Å². The minimum atomic E-state index is 0.265. The molecule has 2 atom stereocenters. The highest BCUT2D eigenvalue weighted by Crippen LogP contribution is 2.24. The highest BCUT2D eigenvalue weighted by molar-refractivity contribution is 5.38. The average Bonchev–Trinajstić information content (AvgIpc) is 2.93. The van der Waals surface area contributed by atoms with Crippen molar-refractivity contribution in [1.29, 1.82) is 0 Å². The Hall–Kier alpha value is -1.61. The molecule has 1 aromatic carbocycles. The summed E-state index contributed by atoms with van der Waals surface area (Å²) in [5.74, 6) is 1.01. The Morgan fingerprint density at radius 3 is 2.45 bits per heavy atom. The maximum absolute atomic E-state index is 4.37. The van der Waals surface area contributed by atoms with Crippen LogP contribution in [0.2, 0.25) is 0 Å². The van der Waals surface area contributed by atoms with Gasteiger partial charge in [0.15, 0.2) is 0 Å². The highest BCUT2D eigenvalue weighted by Gasteiger charge is 2.17. The molecule has 0 fully saturated rings. The summed E-state index contributed by atoms with van der Waals surface area (Å²) in [6, 6.07) is 5.15. The summed E-state index contributed by atoms with van der Waals surface area (Å²) in [7, 11) is 0. The van der Waals surface area contributed by atoms with Crippen LogP contribution in [0.25, 0.3) is 0 Å². The molecule has 2 unspecified atom stereocenters. The van der Waals surface area contributed by atoms with E-state index in [1.54, 1.807) is 0 Å². The van der Waals surface area contributed by atoms with Crippen molar-refractivity contribution in [2.75, 3.05) is 0 Å². The number of nitrogens with one attached hydrogen (secondary N) is 2. The van der Waals surface area contributed by atoms with Gasteiger partial charge in [-0.15, -0.1) is 0 Å². The van der Waals surface area contributed by atoms with Gasteiger partial charge in [-0.1, -0.05) is 19.1 Å². The molecule has 2 rings (SSSR count). The van der Waals surface area contributed by atoms with Gasteiger partial charge in [0, 0.05) is 18.4 Å². The number of aromatic nitrogens is 2. The van der Waals surface area contributed by atoms with Gasteiger partial charge in [-0.25, -0.2) is 4.98 Å². The third-order valence-corrected chi connectivity index (χ3v) is 4.06. The predicted molar refractivity (Wildman–Crippen MR) is 83.8 cm³/mol. The van der Waals surface area contributed by atoms with Crippen LogP contribution in [0.5, 0.6) is 0 Å². The number of nitrogens with zero attached hydrogens (tertiary/aromatic N) is 1. The van der Waals surface area contributed by atoms with Crippen molar-refractivity contribution in [3.05, 3.63) is 52.6 Å². The van der Waals surface area contributed by atoms with Gasteiger partial charge in [0.25, 0.3) is 0 Å². The average molecular weight is 271 g/mol. The van der Waals surface area contributed by atoms with E-state index in [0.29, 0.717) is 6.04 Å². The predicted octanol–water partition coefficient (Wildman–Crippen LogP) is 4.14. The molecule has 2 N–H and O–H groups in total. The molecule has 0 aliphatic carbocycles. The van der Waals surface area contributed by atoms with E-state index in [1.165, 1.54) is 22.3 Å². The number of H-pyrrole nitrogens is 1. The second-order valence-corrected chi connectivity index (χ2v) is 5.62. The molecule has 0 aliphatic rings. The lowest BCUT2D eigenvalue weighted by atomic mass is 9.96. The zero-order valence-electron chi connectivity index (χ0n) is 13.1. The van der Waals surface area contributed by atoms with E-state index in [0.717, 1.165) is 12.2 Å². The summed E-state index contributed by atoms with van der Waals surface area (Å²) in [4.78, 5) is 7.58. The van der Waals surface area contributed by atoms with Crippen molar-refractivity contribution in [2.24, 2.45) is 0 Å². The van der Waals surface area contributed by atoms with Gasteiger partial charge in [0.2, 0.25) is 0 Å². The maximum Gasteiger partial charge on any atom is 0.123 e.